The second-order valence-corrected chi connectivity index (χ2v) is 7.45. The normalized spacial score (nSPS) is 16.7. The van der Waals surface area contributed by atoms with Gasteiger partial charge in [0.15, 0.2) is 5.11 Å². The molecule has 0 aromatic heterocycles. The first-order valence-corrected chi connectivity index (χ1v) is 11.5. The van der Waals surface area contributed by atoms with Gasteiger partial charge in [-0.05, 0) is 63.7 Å². The van der Waals surface area contributed by atoms with E-state index in [1.807, 2.05) is 0 Å². The molecule has 168 valence electrons. The van der Waals surface area contributed by atoms with Crippen LogP contribution in [0.3, 0.4) is 0 Å². The van der Waals surface area contributed by atoms with Gasteiger partial charge in [0.25, 0.3) is 0 Å². The van der Waals surface area contributed by atoms with Gasteiger partial charge in [0.1, 0.15) is 0 Å². The van der Waals surface area contributed by atoms with E-state index in [0.29, 0.717) is 23.2 Å². The summed E-state index contributed by atoms with van der Waals surface area (Å²) in [4.78, 5) is 4.65. The molecule has 0 radical (unpaired) electrons. The molecule has 10 heteroatoms. The van der Waals surface area contributed by atoms with E-state index in [2.05, 4.69) is 83.3 Å². The Morgan fingerprint density at radius 1 is 1.10 bits per heavy atom. The van der Waals surface area contributed by atoms with Crippen LogP contribution in [0.5, 0.6) is 0 Å². The minimum absolute atomic E-state index is 0. The Bertz CT molecular complexity index is 509. The van der Waals surface area contributed by atoms with Gasteiger partial charge in [-0.15, -0.1) is 0 Å². The molecule has 1 atom stereocenters. The summed E-state index contributed by atoms with van der Waals surface area (Å²) in [5, 5.41) is 20.3. The van der Waals surface area contributed by atoms with Crippen molar-refractivity contribution < 1.29 is 18.9 Å². The van der Waals surface area contributed by atoms with Gasteiger partial charge >= 0.3 is 18.9 Å². The number of hydrogen-bond acceptors (Lipinski definition) is 5. The second kappa shape index (κ2) is 20.3. The van der Waals surface area contributed by atoms with Crippen molar-refractivity contribution in [1.29, 1.82) is 0 Å². The summed E-state index contributed by atoms with van der Waals surface area (Å²) in [7, 11) is 0. The van der Waals surface area contributed by atoms with Crippen molar-refractivity contribution in [2.45, 2.75) is 47.5 Å². The van der Waals surface area contributed by atoms with Gasteiger partial charge in [-0.1, -0.05) is 34.6 Å². The fourth-order valence-corrected chi connectivity index (χ4v) is 3.15. The number of thiocarbonyl (C=S) groups is 2. The third kappa shape index (κ3) is 14.4. The summed E-state index contributed by atoms with van der Waals surface area (Å²) in [6, 6.07) is 0. The number of hydrazone groups is 1. The zero-order chi connectivity index (χ0) is 22.1. The van der Waals surface area contributed by atoms with E-state index in [1.54, 1.807) is 0 Å². The molecular formula is C20H39LiN7S2-. The van der Waals surface area contributed by atoms with Crippen molar-refractivity contribution in [3.8, 4) is 0 Å². The zero-order valence-electron chi connectivity index (χ0n) is 19.8. The van der Waals surface area contributed by atoms with Crippen LogP contribution in [0.4, 0.5) is 0 Å². The van der Waals surface area contributed by atoms with Crippen LogP contribution >= 0.6 is 24.4 Å². The van der Waals surface area contributed by atoms with E-state index in [9.17, 15) is 5.41 Å². The third-order valence-corrected chi connectivity index (χ3v) is 5.36. The topological polar surface area (TPSA) is 77.2 Å². The molecule has 0 aliphatic heterocycles. The molecule has 0 heterocycles. The maximum atomic E-state index is 9.66. The van der Waals surface area contributed by atoms with Gasteiger partial charge < -0.3 is 43.6 Å². The number of nitrogens with zero attached hydrogens (tertiary/aromatic N) is 4. The smallest absolute Gasteiger partial charge is 0.806 e. The van der Waals surface area contributed by atoms with Crippen molar-refractivity contribution in [3.05, 3.63) is 5.41 Å². The second-order valence-electron chi connectivity index (χ2n) is 6.83. The Hall–Kier alpha value is -0.563. The molecule has 0 saturated heterocycles. The van der Waals surface area contributed by atoms with Gasteiger partial charge in [0.2, 0.25) is 0 Å². The quantitative estimate of drug-likeness (QED) is 0.0914. The van der Waals surface area contributed by atoms with Crippen molar-refractivity contribution in [3.63, 3.8) is 0 Å². The standard InChI is InChI=1S/C13H24N5S.C7H15N2S.Li/c1-4-18(5-2)9-8-15-13(19)17-16-12-10(3)6-7-11(12)14;1-3-9(4-2)6-5-8-7-10;/h10H,4-9H2,1-3H3,(H2,15,17,19);3-6H2,1-2H3,(H,8,10);/q2*-1;+1/b16-12+;;. The first-order chi connectivity index (χ1) is 13.9. The first-order valence-electron chi connectivity index (χ1n) is 10.6. The minimum Gasteiger partial charge on any atom is -0.806 e. The van der Waals surface area contributed by atoms with Crippen LogP contribution in [0.15, 0.2) is 5.10 Å². The molecule has 1 rings (SSSR count). The van der Waals surface area contributed by atoms with Crippen LogP contribution in [0.1, 0.15) is 47.5 Å². The molecule has 1 saturated carbocycles. The van der Waals surface area contributed by atoms with Gasteiger partial charge in [-0.2, -0.15) is 10.8 Å². The van der Waals surface area contributed by atoms with E-state index < -0.39 is 0 Å². The molecule has 1 fully saturated rings. The predicted octanol–water partition coefficient (Wildman–Crippen LogP) is -0.655. The molecule has 1 aliphatic rings. The largest absolute Gasteiger partial charge is 1.00 e. The summed E-state index contributed by atoms with van der Waals surface area (Å²) >= 11 is 9.65. The average Bonchev–Trinajstić information content (AvgIpc) is 3.05. The fraction of sp³-hybridized carbons (Fsp3) is 0.800. The Labute approximate surface area is 206 Å². The van der Waals surface area contributed by atoms with E-state index in [-0.39, 0.29) is 18.9 Å². The molecule has 30 heavy (non-hydrogen) atoms. The van der Waals surface area contributed by atoms with E-state index >= 15 is 0 Å². The molecule has 7 nitrogen and oxygen atoms in total. The maximum absolute atomic E-state index is 9.66. The van der Waals surface area contributed by atoms with Gasteiger partial charge in [0.05, 0.1) is 0 Å². The first kappa shape index (κ1) is 31.6. The van der Waals surface area contributed by atoms with Crippen LogP contribution < -0.4 is 34.9 Å². The van der Waals surface area contributed by atoms with Gasteiger partial charge in [0, 0.05) is 25.3 Å². The van der Waals surface area contributed by atoms with E-state index in [4.69, 9.17) is 12.2 Å². The predicted molar refractivity (Wildman–Crippen MR) is 134 cm³/mol. The molecular weight excluding hydrogens is 409 g/mol. The SMILES string of the molecule is CCN(CC)CCNC(=S)N/N=C1/C(=[N-])CCC1C.CCN(CC)CCN[C-]=S.[Li+]. The summed E-state index contributed by atoms with van der Waals surface area (Å²) in [6.07, 6.45) is 1.67. The Kier molecular flexibility index (Phi) is 21.4. The molecule has 3 N–H and O–H groups in total. The molecule has 0 aromatic carbocycles. The Morgan fingerprint density at radius 2 is 1.63 bits per heavy atom. The zero-order valence-corrected chi connectivity index (χ0v) is 21.4. The van der Waals surface area contributed by atoms with Crippen molar-refractivity contribution in [2.24, 2.45) is 11.0 Å². The molecule has 1 unspecified atom stereocenters. The minimum atomic E-state index is 0. The number of nitrogens with one attached hydrogen (secondary N) is 3. The molecule has 0 bridgehead atoms. The van der Waals surface area contributed by atoms with Crippen LogP contribution in [0.25, 0.3) is 5.41 Å². The number of rotatable bonds is 12. The van der Waals surface area contributed by atoms with Crippen molar-refractivity contribution in [2.75, 3.05) is 52.4 Å². The number of hydrogen-bond donors (Lipinski definition) is 3. The van der Waals surface area contributed by atoms with Crippen LogP contribution in [-0.4, -0.2) is 84.2 Å². The van der Waals surface area contributed by atoms with Crippen LogP contribution in [0, 0.1) is 5.92 Å². The summed E-state index contributed by atoms with van der Waals surface area (Å²) in [5.41, 5.74) is 6.39. The molecule has 1 aliphatic carbocycles. The monoisotopic (exact) mass is 448 g/mol. The Morgan fingerprint density at radius 3 is 2.07 bits per heavy atom. The average molecular weight is 449 g/mol. The molecule has 0 amide bonds. The van der Waals surface area contributed by atoms with Gasteiger partial charge in [-0.3, -0.25) is 5.43 Å². The maximum Gasteiger partial charge on any atom is 1.00 e. The molecule has 0 spiro atoms. The van der Waals surface area contributed by atoms with E-state index in [1.165, 1.54) is 0 Å². The van der Waals surface area contributed by atoms with Gasteiger partial charge in [-0.25, -0.2) is 0 Å². The van der Waals surface area contributed by atoms with E-state index in [0.717, 1.165) is 64.5 Å². The van der Waals surface area contributed by atoms with Crippen molar-refractivity contribution >= 4 is 46.5 Å². The summed E-state index contributed by atoms with van der Waals surface area (Å²) in [5.74, 6) is 0.297. The molecule has 0 aromatic rings. The summed E-state index contributed by atoms with van der Waals surface area (Å²) in [6.45, 7) is 18.7. The fourth-order valence-electron chi connectivity index (χ4n) is 2.90. The Balaban J connectivity index is 0. The van der Waals surface area contributed by atoms with Crippen LogP contribution in [0.2, 0.25) is 0 Å². The third-order valence-electron chi connectivity index (χ3n) is 4.98. The van der Waals surface area contributed by atoms with Crippen molar-refractivity contribution in [1.82, 2.24) is 25.9 Å². The van der Waals surface area contributed by atoms with Crippen LogP contribution in [-0.2, 0) is 0 Å². The number of likely N-dealkylation sites (N-methyl/N-ethyl adjacent to an activating group) is 2. The summed E-state index contributed by atoms with van der Waals surface area (Å²) < 4.78 is 0.